The van der Waals surface area contributed by atoms with E-state index in [9.17, 15) is 0 Å². The Morgan fingerprint density at radius 3 is 2.48 bits per heavy atom. The number of ether oxygens (including phenoxy) is 2. The van der Waals surface area contributed by atoms with Gasteiger partial charge in [-0.3, -0.25) is 0 Å². The number of halogens is 1. The van der Waals surface area contributed by atoms with Crippen LogP contribution in [0.15, 0.2) is 48.5 Å². The van der Waals surface area contributed by atoms with Gasteiger partial charge in [0.15, 0.2) is 11.5 Å². The molecule has 0 aliphatic heterocycles. The number of benzene rings is 2. The van der Waals surface area contributed by atoms with E-state index in [1.807, 2.05) is 42.5 Å². The average Bonchev–Trinajstić information content (AvgIpc) is 3.37. The molecule has 0 aromatic heterocycles. The molecule has 0 spiro atoms. The van der Waals surface area contributed by atoms with E-state index >= 15 is 0 Å². The summed E-state index contributed by atoms with van der Waals surface area (Å²) in [7, 11) is 1.67. The van der Waals surface area contributed by atoms with Crippen LogP contribution in [-0.4, -0.2) is 7.11 Å². The molecule has 0 heterocycles. The van der Waals surface area contributed by atoms with Gasteiger partial charge in [-0.15, -0.1) is 12.4 Å². The zero-order chi connectivity index (χ0) is 15.4. The first-order valence-electron chi connectivity index (χ1n) is 7.86. The summed E-state index contributed by atoms with van der Waals surface area (Å²) in [4.78, 5) is 0. The van der Waals surface area contributed by atoms with Gasteiger partial charge in [-0.1, -0.05) is 49.2 Å². The van der Waals surface area contributed by atoms with Gasteiger partial charge in [-0.05, 0) is 35.6 Å². The Hall–Kier alpha value is -1.71. The third-order valence-corrected chi connectivity index (χ3v) is 4.14. The molecule has 1 aliphatic carbocycles. The Morgan fingerprint density at radius 2 is 1.83 bits per heavy atom. The van der Waals surface area contributed by atoms with E-state index in [1.54, 1.807) is 7.11 Å². The van der Waals surface area contributed by atoms with Gasteiger partial charge in [0, 0.05) is 6.04 Å². The summed E-state index contributed by atoms with van der Waals surface area (Å²) in [5, 5.41) is 0. The highest BCUT2D eigenvalue weighted by Gasteiger charge is 2.24. The highest BCUT2D eigenvalue weighted by molar-refractivity contribution is 5.85. The number of hydrogen-bond acceptors (Lipinski definition) is 3. The molecular weight excluding hydrogens is 310 g/mol. The Morgan fingerprint density at radius 1 is 1.09 bits per heavy atom. The minimum atomic E-state index is 0. The molecule has 0 unspecified atom stereocenters. The summed E-state index contributed by atoms with van der Waals surface area (Å²) in [6.45, 7) is 0.532. The van der Waals surface area contributed by atoms with Gasteiger partial charge in [0.05, 0.1) is 7.11 Å². The summed E-state index contributed by atoms with van der Waals surface area (Å²) in [6.07, 6.45) is 3.71. The average molecular weight is 334 g/mol. The lowest BCUT2D eigenvalue weighted by molar-refractivity contribution is 0.284. The van der Waals surface area contributed by atoms with Crippen molar-refractivity contribution >= 4 is 12.4 Å². The van der Waals surface area contributed by atoms with Crippen LogP contribution >= 0.6 is 12.4 Å². The normalized spacial score (nSPS) is 14.7. The molecule has 124 valence electrons. The highest BCUT2D eigenvalue weighted by atomic mass is 35.5. The van der Waals surface area contributed by atoms with Gasteiger partial charge >= 0.3 is 0 Å². The molecule has 0 amide bonds. The van der Waals surface area contributed by atoms with Crippen LogP contribution in [0, 0.1) is 5.92 Å². The maximum Gasteiger partial charge on any atom is 0.161 e. The second-order valence-electron chi connectivity index (χ2n) is 5.97. The molecule has 0 radical (unpaired) electrons. The van der Waals surface area contributed by atoms with Crippen LogP contribution in [0.5, 0.6) is 11.5 Å². The van der Waals surface area contributed by atoms with Crippen molar-refractivity contribution in [1.82, 2.24) is 0 Å². The van der Waals surface area contributed by atoms with Crippen molar-refractivity contribution < 1.29 is 9.47 Å². The van der Waals surface area contributed by atoms with Crippen LogP contribution in [0.4, 0.5) is 0 Å². The molecule has 1 fully saturated rings. The minimum Gasteiger partial charge on any atom is -0.493 e. The molecule has 1 aliphatic rings. The van der Waals surface area contributed by atoms with E-state index in [4.69, 9.17) is 15.2 Å². The van der Waals surface area contributed by atoms with Gasteiger partial charge < -0.3 is 15.2 Å². The monoisotopic (exact) mass is 333 g/mol. The quantitative estimate of drug-likeness (QED) is 0.811. The molecule has 0 saturated heterocycles. The van der Waals surface area contributed by atoms with Crippen LogP contribution in [0.3, 0.4) is 0 Å². The summed E-state index contributed by atoms with van der Waals surface area (Å²) in [5.41, 5.74) is 8.54. The third-order valence-electron chi connectivity index (χ3n) is 4.14. The van der Waals surface area contributed by atoms with E-state index in [2.05, 4.69) is 6.07 Å². The second-order valence-corrected chi connectivity index (χ2v) is 5.97. The summed E-state index contributed by atoms with van der Waals surface area (Å²) in [5.74, 6) is 2.32. The lowest BCUT2D eigenvalue weighted by Crippen LogP contribution is -2.11. The van der Waals surface area contributed by atoms with Crippen molar-refractivity contribution in [1.29, 1.82) is 0 Å². The molecule has 1 saturated carbocycles. The van der Waals surface area contributed by atoms with Crippen LogP contribution in [-0.2, 0) is 6.61 Å². The van der Waals surface area contributed by atoms with Crippen molar-refractivity contribution in [2.75, 3.05) is 7.11 Å². The van der Waals surface area contributed by atoms with E-state index in [-0.39, 0.29) is 18.4 Å². The Kier molecular flexibility index (Phi) is 6.31. The predicted molar refractivity (Wildman–Crippen MR) is 95.3 cm³/mol. The molecule has 0 bridgehead atoms. The molecular formula is C19H24ClNO2. The SMILES string of the molecule is COc1cc([C@H](N)CC2CC2)ccc1OCc1ccccc1.Cl. The van der Waals surface area contributed by atoms with Crippen LogP contribution in [0.1, 0.15) is 36.4 Å². The first kappa shape index (κ1) is 17.6. The minimum absolute atomic E-state index is 0. The molecule has 1 atom stereocenters. The first-order valence-corrected chi connectivity index (χ1v) is 7.86. The van der Waals surface area contributed by atoms with Crippen LogP contribution < -0.4 is 15.2 Å². The van der Waals surface area contributed by atoms with Crippen LogP contribution in [0.2, 0.25) is 0 Å². The smallest absolute Gasteiger partial charge is 0.161 e. The zero-order valence-electron chi connectivity index (χ0n) is 13.4. The third kappa shape index (κ3) is 4.88. The standard InChI is InChI=1S/C19H23NO2.ClH/c1-21-19-12-16(17(20)11-14-7-8-14)9-10-18(19)22-13-15-5-3-2-4-6-15;/h2-6,9-10,12,14,17H,7-8,11,13,20H2,1H3;1H/t17-;/m1./s1. The largest absolute Gasteiger partial charge is 0.493 e. The Balaban J connectivity index is 0.00000192. The fourth-order valence-corrected chi connectivity index (χ4v) is 2.62. The molecule has 4 heteroatoms. The van der Waals surface area contributed by atoms with E-state index in [0.29, 0.717) is 6.61 Å². The summed E-state index contributed by atoms with van der Waals surface area (Å²) in [6, 6.07) is 16.2. The van der Waals surface area contributed by atoms with Crippen molar-refractivity contribution in [2.24, 2.45) is 11.7 Å². The Bertz CT molecular complexity index is 614. The van der Waals surface area contributed by atoms with Gasteiger partial charge in [-0.2, -0.15) is 0 Å². The van der Waals surface area contributed by atoms with Gasteiger partial charge in [0.1, 0.15) is 6.61 Å². The maximum atomic E-state index is 6.28. The van der Waals surface area contributed by atoms with Crippen molar-refractivity contribution in [2.45, 2.75) is 31.9 Å². The summed E-state index contributed by atoms with van der Waals surface area (Å²) < 4.78 is 11.3. The van der Waals surface area contributed by atoms with E-state index in [1.165, 1.54) is 12.8 Å². The molecule has 2 aromatic rings. The maximum absolute atomic E-state index is 6.28. The van der Waals surface area contributed by atoms with Gasteiger partial charge in [0.2, 0.25) is 0 Å². The summed E-state index contributed by atoms with van der Waals surface area (Å²) >= 11 is 0. The van der Waals surface area contributed by atoms with E-state index in [0.717, 1.165) is 35.0 Å². The number of hydrogen-bond donors (Lipinski definition) is 1. The fraction of sp³-hybridized carbons (Fsp3) is 0.368. The van der Waals surface area contributed by atoms with Crippen molar-refractivity contribution in [3.8, 4) is 11.5 Å². The highest BCUT2D eigenvalue weighted by Crippen LogP contribution is 2.38. The van der Waals surface area contributed by atoms with Crippen LogP contribution in [0.25, 0.3) is 0 Å². The topological polar surface area (TPSA) is 44.5 Å². The lowest BCUT2D eigenvalue weighted by Gasteiger charge is -2.16. The number of rotatable bonds is 7. The van der Waals surface area contributed by atoms with E-state index < -0.39 is 0 Å². The second kappa shape index (κ2) is 8.23. The molecule has 3 nitrogen and oxygen atoms in total. The van der Waals surface area contributed by atoms with Gasteiger partial charge in [-0.25, -0.2) is 0 Å². The van der Waals surface area contributed by atoms with Crippen molar-refractivity contribution in [3.05, 3.63) is 59.7 Å². The van der Waals surface area contributed by atoms with Crippen molar-refractivity contribution in [3.63, 3.8) is 0 Å². The molecule has 2 aromatic carbocycles. The Labute approximate surface area is 144 Å². The number of methoxy groups -OCH3 is 1. The first-order chi connectivity index (χ1) is 10.8. The molecule has 2 N–H and O–H groups in total. The number of nitrogens with two attached hydrogens (primary N) is 1. The predicted octanol–water partition coefficient (Wildman–Crippen LogP) is 4.50. The molecule has 23 heavy (non-hydrogen) atoms. The van der Waals surface area contributed by atoms with Gasteiger partial charge in [0.25, 0.3) is 0 Å². The fourth-order valence-electron chi connectivity index (χ4n) is 2.62. The molecule has 3 rings (SSSR count). The zero-order valence-corrected chi connectivity index (χ0v) is 14.2. The lowest BCUT2D eigenvalue weighted by atomic mass is 10.0.